The molecular formula is C7H13NO3. The van der Waals surface area contributed by atoms with Crippen molar-refractivity contribution in [3.05, 3.63) is 0 Å². The van der Waals surface area contributed by atoms with Crippen molar-refractivity contribution < 1.29 is 14.3 Å². The molecule has 0 aromatic carbocycles. The Morgan fingerprint density at radius 1 is 1.82 bits per heavy atom. The summed E-state index contributed by atoms with van der Waals surface area (Å²) in [5.74, 6) is 0.331. The molecule has 0 aromatic heterocycles. The molecule has 4 nitrogen and oxygen atoms in total. The third-order valence-corrected chi connectivity index (χ3v) is 1.74. The first kappa shape index (κ1) is 8.33. The van der Waals surface area contributed by atoms with Gasteiger partial charge in [-0.05, 0) is 13.3 Å². The Bertz CT molecular complexity index is 149. The third kappa shape index (κ3) is 2.76. The predicted molar refractivity (Wildman–Crippen MR) is 39.1 cm³/mol. The Labute approximate surface area is 65.7 Å². The van der Waals surface area contributed by atoms with Gasteiger partial charge in [0.05, 0.1) is 19.3 Å². The van der Waals surface area contributed by atoms with Gasteiger partial charge < -0.3 is 15.2 Å². The van der Waals surface area contributed by atoms with Crippen molar-refractivity contribution in [2.45, 2.75) is 19.4 Å². The zero-order valence-electron chi connectivity index (χ0n) is 6.58. The van der Waals surface area contributed by atoms with Crippen LogP contribution in [-0.4, -0.2) is 25.4 Å². The molecule has 4 heteroatoms. The minimum absolute atomic E-state index is 0.288. The Morgan fingerprint density at radius 2 is 2.55 bits per heavy atom. The van der Waals surface area contributed by atoms with E-state index in [-0.39, 0.29) is 6.10 Å². The Balaban J connectivity index is 2.13. The van der Waals surface area contributed by atoms with E-state index >= 15 is 0 Å². The molecule has 1 saturated heterocycles. The summed E-state index contributed by atoms with van der Waals surface area (Å²) in [5, 5.41) is 0. The van der Waals surface area contributed by atoms with Crippen LogP contribution in [0.1, 0.15) is 13.3 Å². The molecule has 2 atom stereocenters. The fraction of sp³-hybridized carbons (Fsp3) is 0.857. The van der Waals surface area contributed by atoms with Gasteiger partial charge in [0, 0.05) is 5.92 Å². The lowest BCUT2D eigenvalue weighted by molar-refractivity contribution is 0.104. The molecule has 1 aliphatic rings. The number of primary amides is 1. The van der Waals surface area contributed by atoms with Gasteiger partial charge >= 0.3 is 6.09 Å². The molecule has 11 heavy (non-hydrogen) atoms. The zero-order chi connectivity index (χ0) is 8.27. The SMILES string of the molecule is CC1CC(COC(N)=O)CO1. The van der Waals surface area contributed by atoms with Crippen LogP contribution in [0.25, 0.3) is 0 Å². The lowest BCUT2D eigenvalue weighted by Gasteiger charge is -2.05. The summed E-state index contributed by atoms with van der Waals surface area (Å²) in [6.45, 7) is 3.07. The average molecular weight is 159 g/mol. The first-order chi connectivity index (χ1) is 5.18. The summed E-state index contributed by atoms with van der Waals surface area (Å²) >= 11 is 0. The fourth-order valence-corrected chi connectivity index (χ4v) is 1.22. The first-order valence-electron chi connectivity index (χ1n) is 3.72. The zero-order valence-corrected chi connectivity index (χ0v) is 6.58. The maximum atomic E-state index is 10.2. The molecule has 0 spiro atoms. The monoisotopic (exact) mass is 159 g/mol. The minimum Gasteiger partial charge on any atom is -0.449 e. The number of hydrogen-bond acceptors (Lipinski definition) is 3. The number of carbonyl (C=O) groups excluding carboxylic acids is 1. The van der Waals surface area contributed by atoms with Crippen LogP contribution >= 0.6 is 0 Å². The lowest BCUT2D eigenvalue weighted by Crippen LogP contribution is -2.18. The molecule has 1 rings (SSSR count). The highest BCUT2D eigenvalue weighted by molar-refractivity contribution is 5.64. The second-order valence-corrected chi connectivity index (χ2v) is 2.88. The highest BCUT2D eigenvalue weighted by Gasteiger charge is 2.22. The summed E-state index contributed by atoms with van der Waals surface area (Å²) in [5.41, 5.74) is 4.80. The molecule has 0 saturated carbocycles. The second kappa shape index (κ2) is 3.57. The van der Waals surface area contributed by atoms with E-state index in [1.165, 1.54) is 0 Å². The number of nitrogens with two attached hydrogens (primary N) is 1. The van der Waals surface area contributed by atoms with Gasteiger partial charge in [0.15, 0.2) is 0 Å². The summed E-state index contributed by atoms with van der Waals surface area (Å²) < 4.78 is 9.90. The van der Waals surface area contributed by atoms with Crippen LogP contribution < -0.4 is 5.73 Å². The molecule has 0 radical (unpaired) electrons. The Morgan fingerprint density at radius 3 is 3.00 bits per heavy atom. The summed E-state index contributed by atoms with van der Waals surface area (Å²) in [6, 6.07) is 0. The summed E-state index contributed by atoms with van der Waals surface area (Å²) in [7, 11) is 0. The maximum Gasteiger partial charge on any atom is 0.404 e. The van der Waals surface area contributed by atoms with Gasteiger partial charge in [-0.3, -0.25) is 0 Å². The van der Waals surface area contributed by atoms with Crippen LogP contribution in [0.2, 0.25) is 0 Å². The van der Waals surface area contributed by atoms with Crippen LogP contribution in [0.3, 0.4) is 0 Å². The van der Waals surface area contributed by atoms with E-state index in [0.717, 1.165) is 6.42 Å². The van der Waals surface area contributed by atoms with E-state index in [1.807, 2.05) is 6.92 Å². The van der Waals surface area contributed by atoms with Gasteiger partial charge in [0.2, 0.25) is 0 Å². The molecule has 1 heterocycles. The third-order valence-electron chi connectivity index (χ3n) is 1.74. The predicted octanol–water partition coefficient (Wildman–Crippen LogP) is 0.507. The van der Waals surface area contributed by atoms with Crippen molar-refractivity contribution in [2.24, 2.45) is 11.7 Å². The van der Waals surface area contributed by atoms with E-state index < -0.39 is 6.09 Å². The molecule has 0 aromatic rings. The molecule has 1 amide bonds. The molecule has 1 fully saturated rings. The Hall–Kier alpha value is -0.770. The van der Waals surface area contributed by atoms with Crippen LogP contribution in [0, 0.1) is 5.92 Å². The summed E-state index contributed by atoms with van der Waals surface area (Å²) in [6.07, 6.45) is 0.536. The van der Waals surface area contributed by atoms with Crippen molar-refractivity contribution in [1.82, 2.24) is 0 Å². The van der Waals surface area contributed by atoms with Crippen LogP contribution in [0.15, 0.2) is 0 Å². The van der Waals surface area contributed by atoms with Gasteiger partial charge in [-0.15, -0.1) is 0 Å². The fourth-order valence-electron chi connectivity index (χ4n) is 1.22. The van der Waals surface area contributed by atoms with Gasteiger partial charge in [-0.2, -0.15) is 0 Å². The standard InChI is InChI=1S/C7H13NO3/c1-5-2-6(3-10-5)4-11-7(8)9/h5-6H,2-4H2,1H3,(H2,8,9). The van der Waals surface area contributed by atoms with Crippen LogP contribution in [0.5, 0.6) is 0 Å². The maximum absolute atomic E-state index is 10.2. The molecule has 1 aliphatic heterocycles. The number of rotatable bonds is 2. The van der Waals surface area contributed by atoms with Crippen molar-refractivity contribution >= 4 is 6.09 Å². The van der Waals surface area contributed by atoms with Gasteiger partial charge in [0.1, 0.15) is 0 Å². The van der Waals surface area contributed by atoms with E-state index in [1.54, 1.807) is 0 Å². The number of hydrogen-bond donors (Lipinski definition) is 1. The number of carbonyl (C=O) groups is 1. The van der Waals surface area contributed by atoms with E-state index in [2.05, 4.69) is 4.74 Å². The largest absolute Gasteiger partial charge is 0.449 e. The topological polar surface area (TPSA) is 61.5 Å². The second-order valence-electron chi connectivity index (χ2n) is 2.88. The normalized spacial score (nSPS) is 30.3. The first-order valence-corrected chi connectivity index (χ1v) is 3.72. The number of ether oxygens (including phenoxy) is 2. The molecule has 0 bridgehead atoms. The summed E-state index contributed by atoms with van der Waals surface area (Å²) in [4.78, 5) is 10.2. The van der Waals surface area contributed by atoms with Crippen molar-refractivity contribution in [3.8, 4) is 0 Å². The van der Waals surface area contributed by atoms with Crippen molar-refractivity contribution in [2.75, 3.05) is 13.2 Å². The molecule has 0 aliphatic carbocycles. The molecule has 2 N–H and O–H groups in total. The van der Waals surface area contributed by atoms with Gasteiger partial charge in [-0.25, -0.2) is 4.79 Å². The quantitative estimate of drug-likeness (QED) is 0.638. The highest BCUT2D eigenvalue weighted by Crippen LogP contribution is 2.18. The molecule has 64 valence electrons. The van der Waals surface area contributed by atoms with Crippen molar-refractivity contribution in [3.63, 3.8) is 0 Å². The van der Waals surface area contributed by atoms with E-state index in [0.29, 0.717) is 19.1 Å². The van der Waals surface area contributed by atoms with E-state index in [4.69, 9.17) is 10.5 Å². The van der Waals surface area contributed by atoms with Gasteiger partial charge in [0.25, 0.3) is 0 Å². The highest BCUT2D eigenvalue weighted by atomic mass is 16.5. The van der Waals surface area contributed by atoms with Crippen LogP contribution in [0.4, 0.5) is 4.79 Å². The molecular weight excluding hydrogens is 146 g/mol. The smallest absolute Gasteiger partial charge is 0.404 e. The van der Waals surface area contributed by atoms with E-state index in [9.17, 15) is 4.79 Å². The minimum atomic E-state index is -0.704. The van der Waals surface area contributed by atoms with Crippen LogP contribution in [-0.2, 0) is 9.47 Å². The van der Waals surface area contributed by atoms with Crippen molar-refractivity contribution in [1.29, 1.82) is 0 Å². The van der Waals surface area contributed by atoms with Gasteiger partial charge in [-0.1, -0.05) is 0 Å². The lowest BCUT2D eigenvalue weighted by atomic mass is 10.1. The Kier molecular flexibility index (Phi) is 2.70. The number of amides is 1. The molecule has 2 unspecified atom stereocenters. The average Bonchev–Trinajstić information content (AvgIpc) is 2.31.